The number of carbonyl (C=O) groups is 1. The molecule has 6 heteroatoms. The number of hydrogen-bond acceptors (Lipinski definition) is 4. The summed E-state index contributed by atoms with van der Waals surface area (Å²) < 4.78 is 0.786. The monoisotopic (exact) mass is 352 g/mol. The fourth-order valence-corrected chi connectivity index (χ4v) is 3.36. The second kappa shape index (κ2) is 6.37. The van der Waals surface area contributed by atoms with E-state index >= 15 is 0 Å². The number of carboxylic acid groups (broad SMARTS) is 1. The van der Waals surface area contributed by atoms with Crippen LogP contribution in [-0.2, 0) is 5.75 Å². The molecule has 4 nitrogen and oxygen atoms in total. The Labute approximate surface area is 129 Å². The summed E-state index contributed by atoms with van der Waals surface area (Å²) in [5.41, 5.74) is 3.18. The van der Waals surface area contributed by atoms with Crippen molar-refractivity contribution in [2.45, 2.75) is 24.8 Å². The van der Waals surface area contributed by atoms with Crippen LogP contribution < -0.4 is 0 Å². The Morgan fingerprint density at radius 3 is 2.45 bits per heavy atom. The first-order valence-electron chi connectivity index (χ1n) is 5.92. The van der Waals surface area contributed by atoms with Crippen molar-refractivity contribution in [2.75, 3.05) is 0 Å². The van der Waals surface area contributed by atoms with Gasteiger partial charge in [-0.15, -0.1) is 0 Å². The van der Waals surface area contributed by atoms with Crippen LogP contribution in [0.15, 0.2) is 33.9 Å². The highest BCUT2D eigenvalue weighted by atomic mass is 79.9. The van der Waals surface area contributed by atoms with Gasteiger partial charge in [-0.1, -0.05) is 33.8 Å². The molecule has 0 radical (unpaired) electrons. The van der Waals surface area contributed by atoms with E-state index in [1.807, 2.05) is 26.0 Å². The molecule has 0 bridgehead atoms. The Kier molecular flexibility index (Phi) is 4.77. The molecule has 2 aromatic rings. The van der Waals surface area contributed by atoms with Gasteiger partial charge in [0.15, 0.2) is 5.16 Å². The number of aryl methyl sites for hydroxylation is 2. The number of hydrogen-bond donors (Lipinski definition) is 1. The second-order valence-electron chi connectivity index (χ2n) is 4.33. The Hall–Kier alpha value is -1.40. The van der Waals surface area contributed by atoms with Crippen LogP contribution in [0.1, 0.15) is 27.3 Å². The highest BCUT2D eigenvalue weighted by molar-refractivity contribution is 9.10. The zero-order valence-corrected chi connectivity index (χ0v) is 13.5. The molecule has 20 heavy (non-hydrogen) atoms. The maximum absolute atomic E-state index is 10.9. The van der Waals surface area contributed by atoms with Crippen LogP contribution in [0.2, 0.25) is 0 Å². The van der Waals surface area contributed by atoms with Crippen LogP contribution in [0, 0.1) is 13.8 Å². The summed E-state index contributed by atoms with van der Waals surface area (Å²) in [6, 6.07) is 6.96. The molecule has 104 valence electrons. The zero-order chi connectivity index (χ0) is 14.7. The van der Waals surface area contributed by atoms with Crippen LogP contribution in [0.4, 0.5) is 0 Å². The van der Waals surface area contributed by atoms with Gasteiger partial charge < -0.3 is 5.11 Å². The average molecular weight is 353 g/mol. The average Bonchev–Trinajstić information content (AvgIpc) is 2.36. The van der Waals surface area contributed by atoms with Gasteiger partial charge >= 0.3 is 5.97 Å². The molecule has 0 unspecified atom stereocenters. The van der Waals surface area contributed by atoms with Gasteiger partial charge in [-0.25, -0.2) is 14.8 Å². The van der Waals surface area contributed by atoms with E-state index in [1.54, 1.807) is 12.1 Å². The van der Waals surface area contributed by atoms with Crippen molar-refractivity contribution in [1.29, 1.82) is 0 Å². The fraction of sp³-hybridized carbons (Fsp3) is 0.214. The molecule has 0 saturated carbocycles. The number of aromatic carboxylic acids is 1. The van der Waals surface area contributed by atoms with Crippen LogP contribution in [0.3, 0.4) is 0 Å². The Morgan fingerprint density at radius 1 is 1.25 bits per heavy atom. The van der Waals surface area contributed by atoms with Gasteiger partial charge in [0.05, 0.1) is 5.56 Å². The van der Waals surface area contributed by atoms with Gasteiger partial charge in [0.2, 0.25) is 0 Å². The van der Waals surface area contributed by atoms with Gasteiger partial charge in [-0.05, 0) is 37.6 Å². The van der Waals surface area contributed by atoms with Crippen LogP contribution >= 0.6 is 27.7 Å². The third-order valence-corrected chi connectivity index (χ3v) is 4.25. The van der Waals surface area contributed by atoms with E-state index in [9.17, 15) is 4.79 Å². The molecule has 0 aliphatic rings. The van der Waals surface area contributed by atoms with E-state index < -0.39 is 5.97 Å². The molecule has 0 amide bonds. The van der Waals surface area contributed by atoms with E-state index in [-0.39, 0.29) is 5.56 Å². The zero-order valence-electron chi connectivity index (χ0n) is 11.1. The summed E-state index contributed by atoms with van der Waals surface area (Å²) in [7, 11) is 0. The number of nitrogens with zero attached hydrogens (tertiary/aromatic N) is 2. The molecule has 0 atom stereocenters. The normalized spacial score (nSPS) is 10.6. The van der Waals surface area contributed by atoms with E-state index in [4.69, 9.17) is 5.11 Å². The van der Waals surface area contributed by atoms with Crippen molar-refractivity contribution in [1.82, 2.24) is 9.97 Å². The summed E-state index contributed by atoms with van der Waals surface area (Å²) >= 11 is 4.93. The van der Waals surface area contributed by atoms with E-state index in [1.165, 1.54) is 11.8 Å². The minimum absolute atomic E-state index is 0.272. The number of halogens is 1. The van der Waals surface area contributed by atoms with E-state index in [0.29, 0.717) is 5.75 Å². The fourth-order valence-electron chi connectivity index (χ4n) is 1.70. The number of thioether (sulfide) groups is 1. The van der Waals surface area contributed by atoms with Crippen LogP contribution in [-0.4, -0.2) is 21.0 Å². The first kappa shape index (κ1) is 15.0. The molecule has 1 aromatic carbocycles. The van der Waals surface area contributed by atoms with Crippen molar-refractivity contribution in [3.05, 3.63) is 51.3 Å². The largest absolute Gasteiger partial charge is 0.478 e. The summed E-state index contributed by atoms with van der Waals surface area (Å²) in [4.78, 5) is 19.6. The Balaban J connectivity index is 2.12. The molecular formula is C14H13BrN2O2S. The van der Waals surface area contributed by atoms with Gasteiger partial charge in [-0.3, -0.25) is 0 Å². The van der Waals surface area contributed by atoms with Crippen molar-refractivity contribution < 1.29 is 9.90 Å². The molecule has 1 heterocycles. The van der Waals surface area contributed by atoms with Crippen LogP contribution in [0.5, 0.6) is 0 Å². The summed E-state index contributed by atoms with van der Waals surface area (Å²) in [5.74, 6) is -0.244. The molecule has 1 N–H and O–H groups in total. The van der Waals surface area contributed by atoms with Crippen LogP contribution in [0.25, 0.3) is 0 Å². The highest BCUT2D eigenvalue weighted by Crippen LogP contribution is 2.26. The maximum atomic E-state index is 10.9. The molecule has 0 spiro atoms. The summed E-state index contributed by atoms with van der Waals surface area (Å²) in [5, 5.41) is 9.66. The van der Waals surface area contributed by atoms with Crippen molar-refractivity contribution in [2.24, 2.45) is 0 Å². The van der Waals surface area contributed by atoms with E-state index in [0.717, 1.165) is 26.6 Å². The number of rotatable bonds is 4. The SMILES string of the molecule is Cc1cc(C)nc(SCc2ccc(C(=O)O)cc2Br)n1. The molecular weight excluding hydrogens is 340 g/mol. The number of aromatic nitrogens is 2. The predicted molar refractivity (Wildman–Crippen MR) is 82.2 cm³/mol. The number of benzene rings is 1. The predicted octanol–water partition coefficient (Wildman–Crippen LogP) is 3.85. The molecule has 0 aliphatic carbocycles. The number of carboxylic acids is 1. The third kappa shape index (κ3) is 3.80. The summed E-state index contributed by atoms with van der Waals surface area (Å²) in [6.07, 6.45) is 0. The lowest BCUT2D eigenvalue weighted by atomic mass is 10.1. The third-order valence-electron chi connectivity index (χ3n) is 2.62. The topological polar surface area (TPSA) is 63.1 Å². The highest BCUT2D eigenvalue weighted by Gasteiger charge is 2.08. The molecule has 1 aromatic heterocycles. The molecule has 0 fully saturated rings. The first-order chi connectivity index (χ1) is 9.45. The Morgan fingerprint density at radius 2 is 1.90 bits per heavy atom. The minimum atomic E-state index is -0.928. The van der Waals surface area contributed by atoms with E-state index in [2.05, 4.69) is 25.9 Å². The first-order valence-corrected chi connectivity index (χ1v) is 7.70. The Bertz CT molecular complexity index is 641. The van der Waals surface area contributed by atoms with Gasteiger partial charge in [0.25, 0.3) is 0 Å². The quantitative estimate of drug-likeness (QED) is 0.668. The summed E-state index contributed by atoms with van der Waals surface area (Å²) in [6.45, 7) is 3.88. The molecule has 2 rings (SSSR count). The van der Waals surface area contributed by atoms with Crippen molar-refractivity contribution in [3.8, 4) is 0 Å². The van der Waals surface area contributed by atoms with Gasteiger partial charge in [0, 0.05) is 21.6 Å². The lowest BCUT2D eigenvalue weighted by Crippen LogP contribution is -1.97. The molecule has 0 saturated heterocycles. The minimum Gasteiger partial charge on any atom is -0.478 e. The lowest BCUT2D eigenvalue weighted by molar-refractivity contribution is 0.0697. The lowest BCUT2D eigenvalue weighted by Gasteiger charge is -2.06. The molecule has 0 aliphatic heterocycles. The maximum Gasteiger partial charge on any atom is 0.335 e. The smallest absolute Gasteiger partial charge is 0.335 e. The standard InChI is InChI=1S/C14H13BrN2O2S/c1-8-5-9(2)17-14(16-8)20-7-11-4-3-10(13(18)19)6-12(11)15/h3-6H,7H2,1-2H3,(H,18,19). The van der Waals surface area contributed by atoms with Crippen molar-refractivity contribution >= 4 is 33.7 Å². The second-order valence-corrected chi connectivity index (χ2v) is 6.13. The van der Waals surface area contributed by atoms with Crippen molar-refractivity contribution in [3.63, 3.8) is 0 Å². The van der Waals surface area contributed by atoms with Gasteiger partial charge in [-0.2, -0.15) is 0 Å². The van der Waals surface area contributed by atoms with Gasteiger partial charge in [0.1, 0.15) is 0 Å².